The maximum Gasteiger partial charge on any atom is 0.345 e. The van der Waals surface area contributed by atoms with Crippen molar-refractivity contribution in [1.82, 2.24) is 4.98 Å². The molecule has 31 heavy (non-hydrogen) atoms. The molecule has 0 spiro atoms. The number of hydrogen-bond acceptors (Lipinski definition) is 8. The molecule has 0 aliphatic carbocycles. The molecule has 0 fully saturated rings. The molecule has 0 aliphatic heterocycles. The zero-order valence-electron chi connectivity index (χ0n) is 15.5. The van der Waals surface area contributed by atoms with Crippen molar-refractivity contribution in [2.24, 2.45) is 0 Å². The second kappa shape index (κ2) is 7.42. The Bertz CT molecular complexity index is 1550. The van der Waals surface area contributed by atoms with Gasteiger partial charge in [-0.25, -0.2) is 9.78 Å². The van der Waals surface area contributed by atoms with Crippen molar-refractivity contribution >= 4 is 60.5 Å². The molecule has 0 bridgehead atoms. The van der Waals surface area contributed by atoms with Crippen molar-refractivity contribution in [2.75, 3.05) is 5.32 Å². The van der Waals surface area contributed by atoms with Crippen molar-refractivity contribution in [3.63, 3.8) is 0 Å². The second-order valence-electron chi connectivity index (χ2n) is 6.57. The average molecular weight is 449 g/mol. The van der Waals surface area contributed by atoms with Crippen molar-refractivity contribution in [3.05, 3.63) is 85.4 Å². The first-order valence-electron chi connectivity index (χ1n) is 8.96. The molecule has 3 heterocycles. The minimum atomic E-state index is -0.507. The molecule has 10 heteroatoms. The third-order valence-electron chi connectivity index (χ3n) is 4.58. The van der Waals surface area contributed by atoms with Gasteiger partial charge >= 0.3 is 5.63 Å². The van der Waals surface area contributed by atoms with Crippen LogP contribution in [0.15, 0.2) is 69.2 Å². The third kappa shape index (κ3) is 3.58. The number of non-ortho nitro benzene ring substituents is 1. The van der Waals surface area contributed by atoms with Crippen LogP contribution in [0.25, 0.3) is 32.3 Å². The lowest BCUT2D eigenvalue weighted by atomic mass is 10.1. The first-order chi connectivity index (χ1) is 15.0. The fourth-order valence-electron chi connectivity index (χ4n) is 3.11. The number of fused-ring (bicyclic) bond motifs is 2. The number of thiophene rings is 1. The van der Waals surface area contributed by atoms with Gasteiger partial charge in [0, 0.05) is 33.0 Å². The maximum absolute atomic E-state index is 12.6. The van der Waals surface area contributed by atoms with Crippen LogP contribution in [0.1, 0.15) is 9.67 Å². The van der Waals surface area contributed by atoms with Crippen LogP contribution in [-0.4, -0.2) is 15.8 Å². The summed E-state index contributed by atoms with van der Waals surface area (Å²) < 4.78 is 6.11. The van der Waals surface area contributed by atoms with Gasteiger partial charge in [-0.05, 0) is 24.3 Å². The molecule has 2 aromatic carbocycles. The number of thiazole rings is 1. The van der Waals surface area contributed by atoms with Crippen LogP contribution in [0.3, 0.4) is 0 Å². The summed E-state index contributed by atoms with van der Waals surface area (Å²) in [5.74, 6) is -0.379. The van der Waals surface area contributed by atoms with Crippen LogP contribution in [0.2, 0.25) is 0 Å². The lowest BCUT2D eigenvalue weighted by molar-refractivity contribution is -0.384. The van der Waals surface area contributed by atoms with Crippen molar-refractivity contribution in [2.45, 2.75) is 0 Å². The molecule has 5 rings (SSSR count). The van der Waals surface area contributed by atoms with E-state index in [9.17, 15) is 19.7 Å². The Hall–Kier alpha value is -3.89. The molecule has 0 saturated heterocycles. The topological polar surface area (TPSA) is 115 Å². The van der Waals surface area contributed by atoms with E-state index in [0.717, 1.165) is 10.1 Å². The predicted octanol–water partition coefficient (Wildman–Crippen LogP) is 5.29. The minimum Gasteiger partial charge on any atom is -0.422 e. The second-order valence-corrected chi connectivity index (χ2v) is 8.51. The maximum atomic E-state index is 12.6. The first kappa shape index (κ1) is 19.1. The van der Waals surface area contributed by atoms with Crippen LogP contribution >= 0.6 is 22.7 Å². The Morgan fingerprint density at radius 2 is 1.94 bits per heavy atom. The summed E-state index contributed by atoms with van der Waals surface area (Å²) in [6.07, 6.45) is 0. The summed E-state index contributed by atoms with van der Waals surface area (Å²) in [7, 11) is 0. The highest BCUT2D eigenvalue weighted by Crippen LogP contribution is 2.30. The molecule has 3 aromatic heterocycles. The molecule has 0 atom stereocenters. The minimum absolute atomic E-state index is 0.0314. The Labute approximate surface area is 181 Å². The number of nitrogens with zero attached hydrogens (tertiary/aromatic N) is 2. The quantitative estimate of drug-likeness (QED) is 0.226. The number of hydrogen-bond donors (Lipinski definition) is 1. The Kier molecular flexibility index (Phi) is 4.57. The molecule has 0 saturated carbocycles. The number of anilines is 1. The number of nitrogens with one attached hydrogen (secondary N) is 1. The highest BCUT2D eigenvalue weighted by molar-refractivity contribution is 7.21. The molecule has 8 nitrogen and oxygen atoms in total. The molecule has 152 valence electrons. The van der Waals surface area contributed by atoms with E-state index in [0.29, 0.717) is 32.2 Å². The van der Waals surface area contributed by atoms with Gasteiger partial charge in [0.05, 0.1) is 21.1 Å². The molecule has 0 radical (unpaired) electrons. The number of aromatic nitrogens is 1. The number of benzene rings is 2. The van der Waals surface area contributed by atoms with Gasteiger partial charge in [0.1, 0.15) is 5.58 Å². The normalized spacial score (nSPS) is 11.1. The summed E-state index contributed by atoms with van der Waals surface area (Å²) in [4.78, 5) is 40.2. The highest BCUT2D eigenvalue weighted by atomic mass is 32.1. The highest BCUT2D eigenvalue weighted by Gasteiger charge is 2.16. The number of amides is 1. The zero-order valence-corrected chi connectivity index (χ0v) is 17.2. The van der Waals surface area contributed by atoms with Gasteiger partial charge in [-0.2, -0.15) is 0 Å². The molecule has 5 aromatic rings. The van der Waals surface area contributed by atoms with Crippen LogP contribution in [0.5, 0.6) is 0 Å². The first-order valence-corrected chi connectivity index (χ1v) is 10.7. The average Bonchev–Trinajstić information content (AvgIpc) is 3.39. The summed E-state index contributed by atoms with van der Waals surface area (Å²) in [6.45, 7) is 0. The fraction of sp³-hybridized carbons (Fsp3) is 0. The number of rotatable bonds is 4. The predicted molar refractivity (Wildman–Crippen MR) is 120 cm³/mol. The number of para-hydroxylation sites is 1. The van der Waals surface area contributed by atoms with Crippen LogP contribution in [-0.2, 0) is 0 Å². The number of carbonyl (C=O) groups excluding carboxylic acids is 1. The largest absolute Gasteiger partial charge is 0.422 e. The van der Waals surface area contributed by atoms with Crippen molar-refractivity contribution in [3.8, 4) is 11.3 Å². The smallest absolute Gasteiger partial charge is 0.345 e. The summed E-state index contributed by atoms with van der Waals surface area (Å²) in [5, 5.41) is 17.0. The molecule has 1 N–H and O–H groups in total. The number of nitro benzene ring substituents is 1. The Morgan fingerprint density at radius 1 is 1.10 bits per heavy atom. The van der Waals surface area contributed by atoms with Gasteiger partial charge in [-0.15, -0.1) is 22.7 Å². The van der Waals surface area contributed by atoms with Crippen LogP contribution in [0.4, 0.5) is 10.8 Å². The van der Waals surface area contributed by atoms with E-state index in [4.69, 9.17) is 4.42 Å². The van der Waals surface area contributed by atoms with Gasteiger partial charge in [-0.1, -0.05) is 18.2 Å². The van der Waals surface area contributed by atoms with E-state index < -0.39 is 10.5 Å². The van der Waals surface area contributed by atoms with E-state index in [2.05, 4.69) is 10.3 Å². The van der Waals surface area contributed by atoms with Crippen LogP contribution in [0, 0.1) is 10.1 Å². The third-order valence-corrected chi connectivity index (χ3v) is 6.45. The van der Waals surface area contributed by atoms with E-state index in [1.54, 1.807) is 35.7 Å². The zero-order chi connectivity index (χ0) is 21.5. The molecular formula is C21H11N3O5S2. The van der Waals surface area contributed by atoms with E-state index >= 15 is 0 Å². The van der Waals surface area contributed by atoms with Gasteiger partial charge < -0.3 is 4.42 Å². The number of carbonyl (C=O) groups is 1. The standard InChI is InChI=1S/C21H11N3O5S2/c25-19(18-9-12-7-13(24(27)28)5-6-17(12)31-18)23-21-22-15(10-30-21)14-8-11-3-1-2-4-16(11)29-20(14)26/h1-10H,(H,22,23,25). The molecule has 0 unspecified atom stereocenters. The lowest BCUT2D eigenvalue weighted by Gasteiger charge is -2.00. The van der Waals surface area contributed by atoms with E-state index in [1.807, 2.05) is 12.1 Å². The van der Waals surface area contributed by atoms with Crippen LogP contribution < -0.4 is 10.9 Å². The van der Waals surface area contributed by atoms with Gasteiger partial charge in [0.15, 0.2) is 5.13 Å². The van der Waals surface area contributed by atoms with Crippen molar-refractivity contribution < 1.29 is 14.1 Å². The van der Waals surface area contributed by atoms with E-state index in [1.165, 1.54) is 34.8 Å². The van der Waals surface area contributed by atoms with Gasteiger partial charge in [0.2, 0.25) is 0 Å². The Morgan fingerprint density at radius 3 is 2.77 bits per heavy atom. The molecular weight excluding hydrogens is 438 g/mol. The van der Waals surface area contributed by atoms with Gasteiger partial charge in [-0.3, -0.25) is 20.2 Å². The monoisotopic (exact) mass is 449 g/mol. The van der Waals surface area contributed by atoms with Gasteiger partial charge in [0.25, 0.3) is 11.6 Å². The number of nitro groups is 1. The summed E-state index contributed by atoms with van der Waals surface area (Å²) in [5.41, 5.74) is 0.672. The lowest BCUT2D eigenvalue weighted by Crippen LogP contribution is -2.10. The molecule has 1 amide bonds. The summed E-state index contributed by atoms with van der Waals surface area (Å²) >= 11 is 2.42. The summed E-state index contributed by atoms with van der Waals surface area (Å²) in [6, 6.07) is 15.0. The van der Waals surface area contributed by atoms with Crippen molar-refractivity contribution in [1.29, 1.82) is 0 Å². The molecule has 0 aliphatic rings. The fourth-order valence-corrected chi connectivity index (χ4v) is 4.75. The Balaban J connectivity index is 1.41. The van der Waals surface area contributed by atoms with E-state index in [-0.39, 0.29) is 11.6 Å². The SMILES string of the molecule is O=C(Nc1nc(-c2cc3ccccc3oc2=O)cs1)c1cc2cc([N+](=O)[O-])ccc2s1.